The average Bonchev–Trinajstić information content (AvgIpc) is 2.58. The van der Waals surface area contributed by atoms with E-state index in [9.17, 15) is 9.59 Å². The van der Waals surface area contributed by atoms with Gasteiger partial charge in [0, 0.05) is 25.3 Å². The van der Waals surface area contributed by atoms with Gasteiger partial charge in [0.05, 0.1) is 0 Å². The number of esters is 2. The summed E-state index contributed by atoms with van der Waals surface area (Å²) >= 11 is 0. The second-order valence-corrected chi connectivity index (χ2v) is 7.28. The van der Waals surface area contributed by atoms with Crippen LogP contribution in [0.5, 0.6) is 0 Å². The lowest BCUT2D eigenvalue weighted by Crippen LogP contribution is -2.49. The first kappa shape index (κ1) is 17.5. The summed E-state index contributed by atoms with van der Waals surface area (Å²) in [6.07, 6.45) is 5.37. The van der Waals surface area contributed by atoms with Gasteiger partial charge in [0.25, 0.3) is 5.79 Å². The predicted octanol–water partition coefficient (Wildman–Crippen LogP) is 3.69. The Kier molecular flexibility index (Phi) is 5.13. The Morgan fingerprint density at radius 2 is 1.60 bits per heavy atom. The normalized spacial score (nSPS) is 22.3. The van der Waals surface area contributed by atoms with Crippen LogP contribution in [-0.4, -0.2) is 17.7 Å². The molecule has 3 rings (SSSR count). The number of hydrogen-bond donors (Lipinski definition) is 0. The number of cyclic esters (lactones) is 2. The maximum atomic E-state index is 12.5. The Morgan fingerprint density at radius 3 is 2.20 bits per heavy atom. The standard InChI is InChI=1S/C21H24O4/c1-21(2)24-19(22)18(20(23)25-21)17(16-11-7-4-8-12-16)14-13-15-9-5-3-6-10-15/h3,5-6,9-10,16-18H,4,7-8,11-12H2,1-2H3. The van der Waals surface area contributed by atoms with Crippen LogP contribution in [0.25, 0.3) is 0 Å². The van der Waals surface area contributed by atoms with Gasteiger partial charge in [-0.3, -0.25) is 9.59 Å². The SMILES string of the molecule is CC1(C)OC(=O)C(C(C#Cc2ccccc2)C2CCCCC2)C(=O)O1. The van der Waals surface area contributed by atoms with Gasteiger partial charge in [-0.05, 0) is 30.9 Å². The molecule has 0 aromatic heterocycles. The largest absolute Gasteiger partial charge is 0.422 e. The second-order valence-electron chi connectivity index (χ2n) is 7.28. The average molecular weight is 340 g/mol. The van der Waals surface area contributed by atoms with Crippen LogP contribution in [0.2, 0.25) is 0 Å². The third kappa shape index (κ3) is 4.22. The predicted molar refractivity (Wildman–Crippen MR) is 93.1 cm³/mol. The minimum absolute atomic E-state index is 0.219. The van der Waals surface area contributed by atoms with Gasteiger partial charge in [0.2, 0.25) is 0 Å². The van der Waals surface area contributed by atoms with Crippen molar-refractivity contribution in [3.8, 4) is 11.8 Å². The maximum absolute atomic E-state index is 12.5. The van der Waals surface area contributed by atoms with Crippen molar-refractivity contribution >= 4 is 11.9 Å². The molecule has 4 heteroatoms. The molecule has 1 saturated carbocycles. The third-order valence-corrected chi connectivity index (χ3v) is 4.87. The minimum Gasteiger partial charge on any atom is -0.422 e. The molecule has 25 heavy (non-hydrogen) atoms. The highest BCUT2D eigenvalue weighted by Gasteiger charge is 2.48. The monoisotopic (exact) mass is 340 g/mol. The molecule has 0 spiro atoms. The van der Waals surface area contributed by atoms with Crippen LogP contribution < -0.4 is 0 Å². The van der Waals surface area contributed by atoms with E-state index < -0.39 is 23.6 Å². The summed E-state index contributed by atoms with van der Waals surface area (Å²) < 4.78 is 10.7. The fourth-order valence-corrected chi connectivity index (χ4v) is 3.68. The van der Waals surface area contributed by atoms with Gasteiger partial charge in [0.15, 0.2) is 5.92 Å². The third-order valence-electron chi connectivity index (χ3n) is 4.87. The summed E-state index contributed by atoms with van der Waals surface area (Å²) in [6, 6.07) is 9.62. The molecule has 2 aliphatic rings. The highest BCUT2D eigenvalue weighted by molar-refractivity contribution is 5.97. The summed E-state index contributed by atoms with van der Waals surface area (Å²) in [5.41, 5.74) is 0.876. The van der Waals surface area contributed by atoms with E-state index in [0.29, 0.717) is 0 Å². The Morgan fingerprint density at radius 1 is 1.00 bits per heavy atom. The number of rotatable bonds is 2. The first-order chi connectivity index (χ1) is 12.0. The maximum Gasteiger partial charge on any atom is 0.324 e. The zero-order valence-corrected chi connectivity index (χ0v) is 14.8. The quantitative estimate of drug-likeness (QED) is 0.468. The summed E-state index contributed by atoms with van der Waals surface area (Å²) in [7, 11) is 0. The van der Waals surface area contributed by atoms with Gasteiger partial charge < -0.3 is 9.47 Å². The van der Waals surface area contributed by atoms with E-state index in [-0.39, 0.29) is 11.8 Å². The first-order valence-corrected chi connectivity index (χ1v) is 8.98. The molecule has 0 amide bonds. The van der Waals surface area contributed by atoms with Gasteiger partial charge >= 0.3 is 11.9 Å². The highest BCUT2D eigenvalue weighted by atomic mass is 16.7. The van der Waals surface area contributed by atoms with Crippen molar-refractivity contribution in [1.29, 1.82) is 0 Å². The Hall–Kier alpha value is -2.28. The molecule has 0 N–H and O–H groups in total. The Balaban J connectivity index is 1.90. The summed E-state index contributed by atoms with van der Waals surface area (Å²) in [5, 5.41) is 0. The molecule has 132 valence electrons. The summed E-state index contributed by atoms with van der Waals surface area (Å²) in [6.45, 7) is 3.15. The second kappa shape index (κ2) is 7.31. The summed E-state index contributed by atoms with van der Waals surface area (Å²) in [4.78, 5) is 25.0. The van der Waals surface area contributed by atoms with E-state index in [4.69, 9.17) is 9.47 Å². The molecule has 0 bridgehead atoms. The van der Waals surface area contributed by atoms with Gasteiger partial charge in [-0.1, -0.05) is 49.3 Å². The minimum atomic E-state index is -1.20. The molecule has 1 aromatic carbocycles. The van der Waals surface area contributed by atoms with Crippen LogP contribution >= 0.6 is 0 Å². The van der Waals surface area contributed by atoms with E-state index >= 15 is 0 Å². The van der Waals surface area contributed by atoms with Crippen LogP contribution in [0.4, 0.5) is 0 Å². The molecule has 1 aliphatic carbocycles. The fourth-order valence-electron chi connectivity index (χ4n) is 3.68. The molecule has 1 unspecified atom stereocenters. The Bertz CT molecular complexity index is 670. The first-order valence-electron chi connectivity index (χ1n) is 8.98. The van der Waals surface area contributed by atoms with Crippen LogP contribution in [0.15, 0.2) is 30.3 Å². The molecule has 2 fully saturated rings. The lowest BCUT2D eigenvalue weighted by molar-refractivity contribution is -0.242. The molecular weight excluding hydrogens is 316 g/mol. The molecule has 1 atom stereocenters. The molecule has 1 aliphatic heterocycles. The van der Waals surface area contributed by atoms with Crippen molar-refractivity contribution in [2.45, 2.75) is 51.7 Å². The van der Waals surface area contributed by atoms with Crippen molar-refractivity contribution in [2.24, 2.45) is 17.8 Å². The van der Waals surface area contributed by atoms with E-state index in [1.165, 1.54) is 6.42 Å². The molecule has 0 radical (unpaired) electrons. The van der Waals surface area contributed by atoms with E-state index in [1.54, 1.807) is 13.8 Å². The van der Waals surface area contributed by atoms with Crippen molar-refractivity contribution in [2.75, 3.05) is 0 Å². The smallest absolute Gasteiger partial charge is 0.324 e. The number of ether oxygens (including phenoxy) is 2. The number of carbonyl (C=O) groups is 2. The Labute approximate surface area is 148 Å². The van der Waals surface area contributed by atoms with Crippen LogP contribution in [0, 0.1) is 29.6 Å². The van der Waals surface area contributed by atoms with Gasteiger partial charge in [-0.2, -0.15) is 0 Å². The van der Waals surface area contributed by atoms with Gasteiger partial charge in [-0.15, -0.1) is 0 Å². The van der Waals surface area contributed by atoms with Crippen LogP contribution in [0.3, 0.4) is 0 Å². The van der Waals surface area contributed by atoms with Gasteiger partial charge in [0.1, 0.15) is 0 Å². The number of hydrogen-bond acceptors (Lipinski definition) is 4. The van der Waals surface area contributed by atoms with Gasteiger partial charge in [-0.25, -0.2) is 0 Å². The van der Waals surface area contributed by atoms with Crippen molar-refractivity contribution < 1.29 is 19.1 Å². The molecule has 4 nitrogen and oxygen atoms in total. The highest BCUT2D eigenvalue weighted by Crippen LogP contribution is 2.37. The summed E-state index contributed by atoms with van der Waals surface area (Å²) in [5.74, 6) is 3.02. The number of carbonyl (C=O) groups excluding carboxylic acids is 2. The van der Waals surface area contributed by atoms with E-state index in [2.05, 4.69) is 11.8 Å². The van der Waals surface area contributed by atoms with Crippen LogP contribution in [0.1, 0.15) is 51.5 Å². The zero-order chi connectivity index (χ0) is 17.9. The molecule has 1 heterocycles. The lowest BCUT2D eigenvalue weighted by Gasteiger charge is -2.37. The molecule has 1 saturated heterocycles. The lowest BCUT2D eigenvalue weighted by atomic mass is 9.74. The fraction of sp³-hybridized carbons (Fsp3) is 0.524. The van der Waals surface area contributed by atoms with E-state index in [1.807, 2.05) is 30.3 Å². The molecule has 1 aromatic rings. The van der Waals surface area contributed by atoms with E-state index in [0.717, 1.165) is 31.2 Å². The zero-order valence-electron chi connectivity index (χ0n) is 14.8. The van der Waals surface area contributed by atoms with Crippen molar-refractivity contribution in [3.05, 3.63) is 35.9 Å². The van der Waals surface area contributed by atoms with Crippen molar-refractivity contribution in [3.63, 3.8) is 0 Å². The molecular formula is C21H24O4. The topological polar surface area (TPSA) is 52.6 Å². The number of benzene rings is 1. The van der Waals surface area contributed by atoms with Crippen molar-refractivity contribution in [1.82, 2.24) is 0 Å². The van der Waals surface area contributed by atoms with Crippen LogP contribution in [-0.2, 0) is 19.1 Å².